The predicted molar refractivity (Wildman–Crippen MR) is 118 cm³/mol. The Morgan fingerprint density at radius 1 is 1.26 bits per heavy atom. The van der Waals surface area contributed by atoms with Crippen LogP contribution in [0.25, 0.3) is 15.9 Å². The summed E-state index contributed by atoms with van der Waals surface area (Å²) in [6, 6.07) is 7.68. The van der Waals surface area contributed by atoms with E-state index in [0.717, 1.165) is 57.6 Å². The molecule has 0 atom stereocenters. The average molecular weight is 419 g/mol. The van der Waals surface area contributed by atoms with Gasteiger partial charge in [-0.3, -0.25) is 9.36 Å². The molecular weight excluding hydrogens is 396 g/mol. The minimum Gasteiger partial charge on any atom is -0.497 e. The Hall–Kier alpha value is -1.44. The maximum absolute atomic E-state index is 13.6. The molecule has 27 heavy (non-hydrogen) atoms. The number of hydrogen-bond acceptors (Lipinski definition) is 6. The van der Waals surface area contributed by atoms with Crippen molar-refractivity contribution in [1.82, 2.24) is 9.55 Å². The summed E-state index contributed by atoms with van der Waals surface area (Å²) in [6.45, 7) is 0. The van der Waals surface area contributed by atoms with Crippen molar-refractivity contribution in [1.29, 1.82) is 0 Å². The molecule has 0 amide bonds. The molecule has 2 aromatic heterocycles. The van der Waals surface area contributed by atoms with Crippen LogP contribution in [0.2, 0.25) is 0 Å². The second-order valence-electron chi connectivity index (χ2n) is 6.47. The quantitative estimate of drug-likeness (QED) is 0.327. The van der Waals surface area contributed by atoms with E-state index < -0.39 is 0 Å². The minimum absolute atomic E-state index is 0.0549. The highest BCUT2D eigenvalue weighted by Crippen LogP contribution is 2.35. The van der Waals surface area contributed by atoms with Gasteiger partial charge in [0.1, 0.15) is 10.6 Å². The number of thiophene rings is 1. The van der Waals surface area contributed by atoms with Crippen LogP contribution >= 0.6 is 34.9 Å². The second-order valence-corrected chi connectivity index (χ2v) is 9.60. The molecule has 0 radical (unpaired) electrons. The third-order valence-corrected chi connectivity index (χ3v) is 7.79. The Morgan fingerprint density at radius 2 is 2.11 bits per heavy atom. The second kappa shape index (κ2) is 8.29. The molecule has 2 heterocycles. The number of aryl methyl sites for hydroxylation is 2. The Labute approximate surface area is 171 Å². The van der Waals surface area contributed by atoms with E-state index in [0.29, 0.717) is 0 Å². The number of nitrogens with zero attached hydrogens (tertiary/aromatic N) is 2. The van der Waals surface area contributed by atoms with Gasteiger partial charge in [0.25, 0.3) is 5.56 Å². The first-order valence-corrected chi connectivity index (χ1v) is 12.3. The molecule has 0 saturated carbocycles. The molecule has 0 saturated heterocycles. The summed E-state index contributed by atoms with van der Waals surface area (Å²) in [6.07, 6.45) is 6.52. The topological polar surface area (TPSA) is 44.1 Å². The first-order chi connectivity index (χ1) is 13.2. The van der Waals surface area contributed by atoms with E-state index in [9.17, 15) is 4.79 Å². The summed E-state index contributed by atoms with van der Waals surface area (Å²) in [5.74, 6) is 2.69. The summed E-state index contributed by atoms with van der Waals surface area (Å²) in [5, 5.41) is 1.60. The van der Waals surface area contributed by atoms with Crippen LogP contribution in [0.4, 0.5) is 0 Å². The lowest BCUT2D eigenvalue weighted by molar-refractivity contribution is 0.414. The van der Waals surface area contributed by atoms with Crippen molar-refractivity contribution in [2.75, 3.05) is 24.9 Å². The molecular formula is C20H22N2O2S3. The fourth-order valence-electron chi connectivity index (χ4n) is 3.48. The summed E-state index contributed by atoms with van der Waals surface area (Å²) >= 11 is 5.17. The fourth-order valence-corrected chi connectivity index (χ4v) is 6.44. The van der Waals surface area contributed by atoms with E-state index in [1.165, 1.54) is 16.9 Å². The monoisotopic (exact) mass is 418 g/mol. The van der Waals surface area contributed by atoms with Crippen LogP contribution in [0, 0.1) is 0 Å². The predicted octanol–water partition coefficient (Wildman–Crippen LogP) is 4.79. The van der Waals surface area contributed by atoms with Crippen LogP contribution < -0.4 is 10.3 Å². The van der Waals surface area contributed by atoms with Crippen LogP contribution in [-0.4, -0.2) is 34.4 Å². The molecule has 142 valence electrons. The van der Waals surface area contributed by atoms with Crippen molar-refractivity contribution in [3.8, 4) is 11.4 Å². The maximum atomic E-state index is 13.6. The van der Waals surface area contributed by atoms with Crippen molar-refractivity contribution in [3.63, 3.8) is 0 Å². The Morgan fingerprint density at radius 3 is 2.93 bits per heavy atom. The van der Waals surface area contributed by atoms with E-state index >= 15 is 0 Å². The molecule has 1 aliphatic carbocycles. The number of ether oxygens (including phenoxy) is 1. The number of hydrogen-bond donors (Lipinski definition) is 0. The van der Waals surface area contributed by atoms with Crippen molar-refractivity contribution >= 4 is 45.1 Å². The molecule has 4 nitrogen and oxygen atoms in total. The zero-order valence-electron chi connectivity index (χ0n) is 15.5. The van der Waals surface area contributed by atoms with Gasteiger partial charge in [0, 0.05) is 22.4 Å². The fraction of sp³-hybridized carbons (Fsp3) is 0.400. The Balaban J connectivity index is 1.93. The summed E-state index contributed by atoms with van der Waals surface area (Å²) in [5.41, 5.74) is 2.10. The summed E-state index contributed by atoms with van der Waals surface area (Å²) in [7, 11) is 1.65. The van der Waals surface area contributed by atoms with Gasteiger partial charge in [-0.25, -0.2) is 4.98 Å². The Bertz CT molecular complexity index is 1030. The molecule has 0 unspecified atom stereocenters. The van der Waals surface area contributed by atoms with E-state index in [2.05, 4.69) is 6.26 Å². The zero-order valence-corrected chi connectivity index (χ0v) is 17.9. The van der Waals surface area contributed by atoms with Crippen LogP contribution in [0.5, 0.6) is 5.75 Å². The number of thioether (sulfide) groups is 2. The average Bonchev–Trinajstić information content (AvgIpc) is 3.07. The highest BCUT2D eigenvalue weighted by Gasteiger charge is 2.23. The first kappa shape index (κ1) is 18.9. The zero-order chi connectivity index (χ0) is 18.8. The van der Waals surface area contributed by atoms with Crippen molar-refractivity contribution in [3.05, 3.63) is 45.1 Å². The van der Waals surface area contributed by atoms with E-state index in [4.69, 9.17) is 9.72 Å². The molecule has 0 spiro atoms. The first-order valence-electron chi connectivity index (χ1n) is 9.06. The van der Waals surface area contributed by atoms with E-state index in [-0.39, 0.29) is 5.56 Å². The molecule has 0 fully saturated rings. The van der Waals surface area contributed by atoms with Gasteiger partial charge in [0.2, 0.25) is 0 Å². The lowest BCUT2D eigenvalue weighted by atomic mass is 9.97. The third-order valence-electron chi connectivity index (χ3n) is 4.79. The molecule has 7 heteroatoms. The van der Waals surface area contributed by atoms with Gasteiger partial charge in [-0.2, -0.15) is 11.8 Å². The molecule has 1 aromatic carbocycles. The van der Waals surface area contributed by atoms with Gasteiger partial charge < -0.3 is 4.74 Å². The van der Waals surface area contributed by atoms with Crippen molar-refractivity contribution in [2.24, 2.45) is 0 Å². The summed E-state index contributed by atoms with van der Waals surface area (Å²) in [4.78, 5) is 20.8. The molecule has 4 rings (SSSR count). The van der Waals surface area contributed by atoms with Gasteiger partial charge in [-0.1, -0.05) is 17.8 Å². The lowest BCUT2D eigenvalue weighted by Crippen LogP contribution is -2.22. The normalized spacial score (nSPS) is 13.7. The van der Waals surface area contributed by atoms with Crippen LogP contribution in [-0.2, 0) is 12.8 Å². The third kappa shape index (κ3) is 3.65. The van der Waals surface area contributed by atoms with Crippen LogP contribution in [0.1, 0.15) is 23.3 Å². The van der Waals surface area contributed by atoms with Crippen LogP contribution in [0.15, 0.2) is 34.2 Å². The standard InChI is InChI=1S/C20H22N2O2S3/c1-24-14-7-5-6-13(12-14)22-19(23)17-15-8-3-4-9-16(15)27-18(17)21-20(22)26-11-10-25-2/h5-7,12H,3-4,8-11H2,1-2H3. The molecule has 0 bridgehead atoms. The molecule has 1 aliphatic rings. The minimum atomic E-state index is 0.0549. The number of aromatic nitrogens is 2. The van der Waals surface area contributed by atoms with Crippen molar-refractivity contribution < 1.29 is 4.74 Å². The number of fused-ring (bicyclic) bond motifs is 3. The Kier molecular flexibility index (Phi) is 5.80. The molecule has 0 aliphatic heterocycles. The molecule has 0 N–H and O–H groups in total. The lowest BCUT2D eigenvalue weighted by Gasteiger charge is -2.14. The van der Waals surface area contributed by atoms with E-state index in [1.54, 1.807) is 46.5 Å². The number of methoxy groups -OCH3 is 1. The smallest absolute Gasteiger partial charge is 0.267 e. The van der Waals surface area contributed by atoms with Gasteiger partial charge in [0.05, 0.1) is 18.2 Å². The van der Waals surface area contributed by atoms with Gasteiger partial charge in [-0.05, 0) is 49.6 Å². The highest BCUT2D eigenvalue weighted by molar-refractivity contribution is 8.02. The largest absolute Gasteiger partial charge is 0.497 e. The van der Waals surface area contributed by atoms with Gasteiger partial charge in [0.15, 0.2) is 5.16 Å². The molecule has 3 aromatic rings. The number of rotatable bonds is 6. The highest BCUT2D eigenvalue weighted by atomic mass is 32.2. The van der Waals surface area contributed by atoms with E-state index in [1.807, 2.05) is 24.3 Å². The van der Waals surface area contributed by atoms with Crippen LogP contribution in [0.3, 0.4) is 0 Å². The van der Waals surface area contributed by atoms with Crippen molar-refractivity contribution in [2.45, 2.75) is 30.8 Å². The van der Waals surface area contributed by atoms with Gasteiger partial charge >= 0.3 is 0 Å². The summed E-state index contributed by atoms with van der Waals surface area (Å²) < 4.78 is 7.15. The van der Waals surface area contributed by atoms with Gasteiger partial charge in [-0.15, -0.1) is 11.3 Å². The maximum Gasteiger partial charge on any atom is 0.267 e. The number of benzene rings is 1. The SMILES string of the molecule is COc1cccc(-n2c(SCCSC)nc3sc4c(c3c2=O)CCCC4)c1.